The summed E-state index contributed by atoms with van der Waals surface area (Å²) < 4.78 is 1.51. The van der Waals surface area contributed by atoms with E-state index in [1.165, 1.54) is 22.9 Å². The fourth-order valence-corrected chi connectivity index (χ4v) is 2.40. The topological polar surface area (TPSA) is 92.5 Å². The average molecular weight is 285 g/mol. The maximum absolute atomic E-state index is 12.4. The Morgan fingerprint density at radius 1 is 1.19 bits per heavy atom. The number of carboxylic acids is 1. The first-order valence-corrected chi connectivity index (χ1v) is 6.16. The minimum Gasteiger partial charge on any atom is -0.478 e. The molecule has 3 rings (SSSR count). The van der Waals surface area contributed by atoms with E-state index in [1.807, 2.05) is 0 Å². The first kappa shape index (κ1) is 13.0. The number of fused-ring (bicyclic) bond motifs is 1. The van der Waals surface area contributed by atoms with Gasteiger partial charge in [-0.2, -0.15) is 5.10 Å². The summed E-state index contributed by atoms with van der Waals surface area (Å²) in [5, 5.41) is 13.1. The van der Waals surface area contributed by atoms with E-state index < -0.39 is 17.8 Å². The highest BCUT2D eigenvalue weighted by molar-refractivity contribution is 6.34. The zero-order chi connectivity index (χ0) is 15.3. The molecule has 0 radical (unpaired) electrons. The zero-order valence-electron chi connectivity index (χ0n) is 11.3. The van der Waals surface area contributed by atoms with Crippen molar-refractivity contribution >= 4 is 23.5 Å². The van der Waals surface area contributed by atoms with Crippen molar-refractivity contribution in [3.63, 3.8) is 0 Å². The molecule has 2 amide bonds. The summed E-state index contributed by atoms with van der Waals surface area (Å²) >= 11 is 0. The number of hydrogen-bond donors (Lipinski definition) is 1. The molecule has 21 heavy (non-hydrogen) atoms. The molecular weight excluding hydrogens is 274 g/mol. The first-order valence-electron chi connectivity index (χ1n) is 6.16. The summed E-state index contributed by atoms with van der Waals surface area (Å²) in [6.07, 6.45) is 1.58. The van der Waals surface area contributed by atoms with E-state index in [0.29, 0.717) is 11.4 Å². The van der Waals surface area contributed by atoms with Crippen molar-refractivity contribution in [2.45, 2.75) is 6.92 Å². The average Bonchev–Trinajstić information content (AvgIpc) is 2.87. The molecule has 1 aromatic carbocycles. The van der Waals surface area contributed by atoms with Gasteiger partial charge in [0.25, 0.3) is 11.8 Å². The van der Waals surface area contributed by atoms with E-state index in [2.05, 4.69) is 5.10 Å². The lowest BCUT2D eigenvalue weighted by atomic mass is 10.1. The van der Waals surface area contributed by atoms with Crippen LogP contribution < -0.4 is 4.90 Å². The third-order valence-corrected chi connectivity index (χ3v) is 3.36. The number of carbonyl (C=O) groups excluding carboxylic acids is 2. The third kappa shape index (κ3) is 1.82. The molecule has 0 fully saturated rings. The molecule has 0 aliphatic carbocycles. The van der Waals surface area contributed by atoms with E-state index in [4.69, 9.17) is 5.11 Å². The van der Waals surface area contributed by atoms with Crippen molar-refractivity contribution in [3.8, 4) is 0 Å². The number of nitrogens with zero attached hydrogens (tertiary/aromatic N) is 3. The van der Waals surface area contributed by atoms with Crippen LogP contribution in [0.15, 0.2) is 24.4 Å². The summed E-state index contributed by atoms with van der Waals surface area (Å²) in [4.78, 5) is 36.8. The predicted octanol–water partition coefficient (Wildman–Crippen LogP) is 1.23. The van der Waals surface area contributed by atoms with Gasteiger partial charge in [-0.05, 0) is 25.1 Å². The van der Waals surface area contributed by atoms with Crippen LogP contribution in [0.4, 0.5) is 5.69 Å². The monoisotopic (exact) mass is 285 g/mol. The lowest BCUT2D eigenvalue weighted by Gasteiger charge is -2.11. The Balaban J connectivity index is 2.12. The molecule has 0 bridgehead atoms. The van der Waals surface area contributed by atoms with Gasteiger partial charge >= 0.3 is 5.97 Å². The zero-order valence-corrected chi connectivity index (χ0v) is 11.3. The molecule has 1 aliphatic rings. The summed E-state index contributed by atoms with van der Waals surface area (Å²) in [5.41, 5.74) is 1.22. The second kappa shape index (κ2) is 4.27. The fourth-order valence-electron chi connectivity index (χ4n) is 2.40. The van der Waals surface area contributed by atoms with Crippen LogP contribution in [0.3, 0.4) is 0 Å². The highest BCUT2D eigenvalue weighted by Gasteiger charge is 2.38. The molecule has 7 nitrogen and oxygen atoms in total. The first-order chi connectivity index (χ1) is 9.90. The molecule has 1 aromatic heterocycles. The number of carboxylic acid groups (broad SMARTS) is 1. The number of hydrogen-bond acceptors (Lipinski definition) is 4. The molecule has 0 spiro atoms. The van der Waals surface area contributed by atoms with Crippen molar-refractivity contribution in [2.75, 3.05) is 4.90 Å². The normalized spacial score (nSPS) is 13.7. The number of aryl methyl sites for hydroxylation is 2. The lowest BCUT2D eigenvalue weighted by Crippen LogP contribution is -2.29. The second-order valence-corrected chi connectivity index (χ2v) is 4.78. The number of amides is 2. The van der Waals surface area contributed by atoms with Gasteiger partial charge in [0.15, 0.2) is 0 Å². The number of aromatic carboxylic acids is 1. The second-order valence-electron chi connectivity index (χ2n) is 4.78. The molecule has 0 atom stereocenters. The summed E-state index contributed by atoms with van der Waals surface area (Å²) in [6.45, 7) is 1.70. The molecule has 0 saturated heterocycles. The van der Waals surface area contributed by atoms with Crippen LogP contribution in [0, 0.1) is 6.92 Å². The van der Waals surface area contributed by atoms with Gasteiger partial charge in [-0.25, -0.2) is 9.69 Å². The number of rotatable bonds is 2. The Morgan fingerprint density at radius 3 is 2.43 bits per heavy atom. The Morgan fingerprint density at radius 2 is 1.86 bits per heavy atom. The number of carbonyl (C=O) groups is 3. The van der Waals surface area contributed by atoms with E-state index in [1.54, 1.807) is 20.2 Å². The van der Waals surface area contributed by atoms with Gasteiger partial charge in [0.2, 0.25) is 0 Å². The van der Waals surface area contributed by atoms with E-state index in [-0.39, 0.29) is 16.7 Å². The number of imide groups is 1. The van der Waals surface area contributed by atoms with Crippen LogP contribution in [-0.4, -0.2) is 32.7 Å². The van der Waals surface area contributed by atoms with Crippen molar-refractivity contribution in [2.24, 2.45) is 7.05 Å². The number of aromatic nitrogens is 2. The Bertz CT molecular complexity index is 807. The van der Waals surface area contributed by atoms with Gasteiger partial charge in [0.05, 0.1) is 28.1 Å². The molecule has 1 N–H and O–H groups in total. The minimum absolute atomic E-state index is 0.0281. The van der Waals surface area contributed by atoms with E-state index in [0.717, 1.165) is 4.90 Å². The lowest BCUT2D eigenvalue weighted by molar-refractivity contribution is 0.0696. The van der Waals surface area contributed by atoms with Gasteiger partial charge in [-0.15, -0.1) is 0 Å². The van der Waals surface area contributed by atoms with Gasteiger partial charge in [0, 0.05) is 13.2 Å². The van der Waals surface area contributed by atoms with Crippen LogP contribution in [0.2, 0.25) is 0 Å². The third-order valence-electron chi connectivity index (χ3n) is 3.36. The Hall–Kier alpha value is -2.96. The molecular formula is C14H11N3O4. The van der Waals surface area contributed by atoms with Crippen LogP contribution in [0.5, 0.6) is 0 Å². The fraction of sp³-hybridized carbons (Fsp3) is 0.143. The van der Waals surface area contributed by atoms with Gasteiger partial charge in [0.1, 0.15) is 0 Å². The maximum Gasteiger partial charge on any atom is 0.335 e. The predicted molar refractivity (Wildman–Crippen MR) is 72.5 cm³/mol. The largest absolute Gasteiger partial charge is 0.478 e. The molecule has 0 saturated carbocycles. The SMILES string of the molecule is Cc1nn(C)cc1N1C(=O)c2ccc(C(=O)O)cc2C1=O. The van der Waals surface area contributed by atoms with Gasteiger partial charge in [-0.3, -0.25) is 14.3 Å². The van der Waals surface area contributed by atoms with E-state index >= 15 is 0 Å². The molecule has 7 heteroatoms. The van der Waals surface area contributed by atoms with Crippen LogP contribution >= 0.6 is 0 Å². The van der Waals surface area contributed by atoms with Crippen molar-refractivity contribution in [1.82, 2.24) is 9.78 Å². The summed E-state index contributed by atoms with van der Waals surface area (Å²) in [5.74, 6) is -2.15. The smallest absolute Gasteiger partial charge is 0.335 e. The molecule has 2 aromatic rings. The maximum atomic E-state index is 12.4. The van der Waals surface area contributed by atoms with Gasteiger partial charge in [-0.1, -0.05) is 0 Å². The molecule has 106 valence electrons. The minimum atomic E-state index is -1.14. The van der Waals surface area contributed by atoms with Gasteiger partial charge < -0.3 is 5.11 Å². The highest BCUT2D eigenvalue weighted by atomic mass is 16.4. The Kier molecular flexibility index (Phi) is 2.65. The molecule has 0 unspecified atom stereocenters. The molecule has 2 heterocycles. The van der Waals surface area contributed by atoms with Crippen molar-refractivity contribution in [3.05, 3.63) is 46.8 Å². The van der Waals surface area contributed by atoms with Crippen LogP contribution in [0.25, 0.3) is 0 Å². The number of anilines is 1. The Labute approximate surface area is 119 Å². The quantitative estimate of drug-likeness (QED) is 0.838. The standard InChI is InChI=1S/C14H11N3O4/c1-7-11(6-16(2)15-7)17-12(18)9-4-3-8(14(20)21)5-10(9)13(17)19/h3-6H,1-2H3,(H,20,21). The van der Waals surface area contributed by atoms with E-state index in [9.17, 15) is 14.4 Å². The number of benzene rings is 1. The van der Waals surface area contributed by atoms with Crippen LogP contribution in [0.1, 0.15) is 36.8 Å². The van der Waals surface area contributed by atoms with Crippen LogP contribution in [-0.2, 0) is 7.05 Å². The van der Waals surface area contributed by atoms with Crippen molar-refractivity contribution in [1.29, 1.82) is 0 Å². The highest BCUT2D eigenvalue weighted by Crippen LogP contribution is 2.30. The van der Waals surface area contributed by atoms with Crippen molar-refractivity contribution < 1.29 is 19.5 Å². The summed E-state index contributed by atoms with van der Waals surface area (Å²) in [7, 11) is 1.69. The summed E-state index contributed by atoms with van der Waals surface area (Å²) in [6, 6.07) is 3.90. The molecule has 1 aliphatic heterocycles.